The van der Waals surface area contributed by atoms with Crippen molar-refractivity contribution in [1.82, 2.24) is 9.80 Å². The van der Waals surface area contributed by atoms with Gasteiger partial charge in [0.1, 0.15) is 11.4 Å². The van der Waals surface area contributed by atoms with Crippen LogP contribution in [0.25, 0.3) is 0 Å². The average Bonchev–Trinajstić information content (AvgIpc) is 3.08. The number of ether oxygens (including phenoxy) is 2. The number of carbonyl (C=O) groups excluding carboxylic acids is 3. The van der Waals surface area contributed by atoms with Crippen molar-refractivity contribution in [3.05, 3.63) is 24.3 Å². The number of carbonyl (C=O) groups is 3. The zero-order valence-corrected chi connectivity index (χ0v) is 17.5. The molecular weight excluding hydrogens is 374 g/mol. The lowest BCUT2D eigenvalue weighted by molar-refractivity contribution is -0.137. The zero-order valence-electron chi connectivity index (χ0n) is 17.5. The molecule has 0 saturated carbocycles. The minimum Gasteiger partial charge on any atom is -0.497 e. The lowest BCUT2D eigenvalue weighted by Crippen LogP contribution is -2.53. The molecule has 8 nitrogen and oxygen atoms in total. The molecule has 2 heterocycles. The molecule has 29 heavy (non-hydrogen) atoms. The number of amides is 3. The SMILES string of the molecule is COc1ccc(N2C[C@@H](C(=O)N3CCN(C(=O)OC(C)(C)C)CC3)CC2=O)cc1. The van der Waals surface area contributed by atoms with E-state index in [-0.39, 0.29) is 30.2 Å². The molecule has 1 aromatic carbocycles. The van der Waals surface area contributed by atoms with E-state index in [2.05, 4.69) is 0 Å². The van der Waals surface area contributed by atoms with Crippen LogP contribution in [0.2, 0.25) is 0 Å². The fraction of sp³-hybridized carbons (Fsp3) is 0.571. The second kappa shape index (κ2) is 8.31. The Morgan fingerprint density at radius 3 is 2.14 bits per heavy atom. The first-order valence-corrected chi connectivity index (χ1v) is 9.89. The summed E-state index contributed by atoms with van der Waals surface area (Å²) in [6.45, 7) is 7.63. The molecule has 8 heteroatoms. The van der Waals surface area contributed by atoms with Gasteiger partial charge < -0.3 is 24.2 Å². The monoisotopic (exact) mass is 403 g/mol. The van der Waals surface area contributed by atoms with Gasteiger partial charge in [-0.1, -0.05) is 0 Å². The van der Waals surface area contributed by atoms with Gasteiger partial charge in [-0.25, -0.2) is 4.79 Å². The first-order valence-electron chi connectivity index (χ1n) is 9.89. The van der Waals surface area contributed by atoms with Crippen LogP contribution in [0.5, 0.6) is 5.75 Å². The number of rotatable bonds is 3. The van der Waals surface area contributed by atoms with Crippen LogP contribution in [-0.2, 0) is 14.3 Å². The Morgan fingerprint density at radius 2 is 1.59 bits per heavy atom. The van der Waals surface area contributed by atoms with Crippen LogP contribution in [0, 0.1) is 5.92 Å². The van der Waals surface area contributed by atoms with Crippen LogP contribution in [0.3, 0.4) is 0 Å². The van der Waals surface area contributed by atoms with Gasteiger partial charge in [0.2, 0.25) is 11.8 Å². The predicted molar refractivity (Wildman–Crippen MR) is 108 cm³/mol. The van der Waals surface area contributed by atoms with E-state index in [1.165, 1.54) is 0 Å². The molecule has 1 aromatic rings. The van der Waals surface area contributed by atoms with Crippen molar-refractivity contribution >= 4 is 23.6 Å². The van der Waals surface area contributed by atoms with E-state index in [1.807, 2.05) is 32.9 Å². The fourth-order valence-corrected chi connectivity index (χ4v) is 3.58. The fourth-order valence-electron chi connectivity index (χ4n) is 3.58. The second-order valence-corrected chi connectivity index (χ2v) is 8.40. The summed E-state index contributed by atoms with van der Waals surface area (Å²) in [5, 5.41) is 0. The maximum absolute atomic E-state index is 12.9. The highest BCUT2D eigenvalue weighted by Crippen LogP contribution is 2.28. The molecule has 2 saturated heterocycles. The Bertz CT molecular complexity index is 764. The number of benzene rings is 1. The van der Waals surface area contributed by atoms with Gasteiger partial charge >= 0.3 is 6.09 Å². The Labute approximate surface area is 171 Å². The Hall–Kier alpha value is -2.77. The number of anilines is 1. The summed E-state index contributed by atoms with van der Waals surface area (Å²) < 4.78 is 10.5. The smallest absolute Gasteiger partial charge is 0.410 e. The topological polar surface area (TPSA) is 79.4 Å². The lowest BCUT2D eigenvalue weighted by atomic mass is 10.1. The van der Waals surface area contributed by atoms with Crippen LogP contribution in [0.4, 0.5) is 10.5 Å². The summed E-state index contributed by atoms with van der Waals surface area (Å²) in [4.78, 5) is 42.6. The first kappa shape index (κ1) is 21.0. The van der Waals surface area contributed by atoms with Crippen LogP contribution >= 0.6 is 0 Å². The van der Waals surface area contributed by atoms with Crippen LogP contribution in [0.1, 0.15) is 27.2 Å². The zero-order chi connectivity index (χ0) is 21.2. The van der Waals surface area contributed by atoms with Gasteiger partial charge in [0.15, 0.2) is 0 Å². The molecule has 0 unspecified atom stereocenters. The third kappa shape index (κ3) is 4.99. The van der Waals surface area contributed by atoms with Gasteiger partial charge in [-0.3, -0.25) is 9.59 Å². The molecule has 3 rings (SSSR count). The molecule has 3 amide bonds. The molecule has 0 radical (unpaired) electrons. The van der Waals surface area contributed by atoms with Gasteiger partial charge in [0, 0.05) is 44.8 Å². The number of methoxy groups -OCH3 is 1. The molecule has 158 valence electrons. The standard InChI is InChI=1S/C21H29N3O5/c1-21(2,3)29-20(27)23-11-9-22(10-12-23)19(26)15-13-18(25)24(14-15)16-5-7-17(28-4)8-6-16/h5-8,15H,9-14H2,1-4H3/t15-/m0/s1. The van der Waals surface area contributed by atoms with Gasteiger partial charge in [0.25, 0.3) is 0 Å². The third-order valence-electron chi connectivity index (χ3n) is 5.10. The second-order valence-electron chi connectivity index (χ2n) is 8.40. The van der Waals surface area contributed by atoms with Gasteiger partial charge in [-0.2, -0.15) is 0 Å². The highest BCUT2D eigenvalue weighted by atomic mass is 16.6. The summed E-state index contributed by atoms with van der Waals surface area (Å²) in [5.41, 5.74) is 0.222. The summed E-state index contributed by atoms with van der Waals surface area (Å²) in [6, 6.07) is 7.24. The van der Waals surface area contributed by atoms with Gasteiger partial charge in [0.05, 0.1) is 13.0 Å². The molecule has 0 bridgehead atoms. The minimum absolute atomic E-state index is 0.0294. The maximum atomic E-state index is 12.9. The largest absolute Gasteiger partial charge is 0.497 e. The molecule has 2 fully saturated rings. The normalized spacial score (nSPS) is 20.1. The van der Waals surface area contributed by atoms with Crippen molar-refractivity contribution in [1.29, 1.82) is 0 Å². The number of hydrogen-bond acceptors (Lipinski definition) is 5. The minimum atomic E-state index is -0.542. The van der Waals surface area contributed by atoms with E-state index in [0.29, 0.717) is 32.7 Å². The summed E-state index contributed by atoms with van der Waals surface area (Å²) in [5.74, 6) is 0.271. The number of nitrogens with zero attached hydrogens (tertiary/aromatic N) is 3. The molecule has 0 spiro atoms. The third-order valence-corrected chi connectivity index (χ3v) is 5.10. The summed E-state index contributed by atoms with van der Waals surface area (Å²) in [6.07, 6.45) is -0.150. The Kier molecular flexibility index (Phi) is 6.00. The molecule has 0 N–H and O–H groups in total. The van der Waals surface area contributed by atoms with Crippen molar-refractivity contribution < 1.29 is 23.9 Å². The lowest BCUT2D eigenvalue weighted by Gasteiger charge is -2.36. The molecule has 1 atom stereocenters. The molecular formula is C21H29N3O5. The van der Waals surface area contributed by atoms with E-state index in [4.69, 9.17) is 9.47 Å². The number of hydrogen-bond donors (Lipinski definition) is 0. The highest BCUT2D eigenvalue weighted by Gasteiger charge is 2.38. The highest BCUT2D eigenvalue weighted by molar-refractivity contribution is 6.00. The molecule has 2 aliphatic rings. The summed E-state index contributed by atoms with van der Waals surface area (Å²) >= 11 is 0. The van der Waals surface area contributed by atoms with E-state index >= 15 is 0 Å². The van der Waals surface area contributed by atoms with E-state index in [1.54, 1.807) is 33.9 Å². The van der Waals surface area contributed by atoms with Crippen molar-refractivity contribution in [2.45, 2.75) is 32.8 Å². The maximum Gasteiger partial charge on any atom is 0.410 e. The van der Waals surface area contributed by atoms with Crippen LogP contribution in [-0.4, -0.2) is 73.1 Å². The van der Waals surface area contributed by atoms with Crippen molar-refractivity contribution in [2.75, 3.05) is 44.7 Å². The van der Waals surface area contributed by atoms with Crippen molar-refractivity contribution in [2.24, 2.45) is 5.92 Å². The Morgan fingerprint density at radius 1 is 1.00 bits per heavy atom. The van der Waals surface area contributed by atoms with Gasteiger partial charge in [-0.15, -0.1) is 0 Å². The quantitative estimate of drug-likeness (QED) is 0.773. The van der Waals surface area contributed by atoms with E-state index < -0.39 is 5.60 Å². The average molecular weight is 403 g/mol. The molecule has 0 aromatic heterocycles. The molecule has 0 aliphatic carbocycles. The van der Waals surface area contributed by atoms with Gasteiger partial charge in [-0.05, 0) is 45.0 Å². The van der Waals surface area contributed by atoms with E-state index in [0.717, 1.165) is 11.4 Å². The van der Waals surface area contributed by atoms with E-state index in [9.17, 15) is 14.4 Å². The number of piperazine rings is 1. The van der Waals surface area contributed by atoms with Crippen LogP contribution < -0.4 is 9.64 Å². The van der Waals surface area contributed by atoms with Crippen molar-refractivity contribution in [3.8, 4) is 5.75 Å². The molecule has 2 aliphatic heterocycles. The van der Waals surface area contributed by atoms with Crippen molar-refractivity contribution in [3.63, 3.8) is 0 Å². The Balaban J connectivity index is 1.55. The predicted octanol–water partition coefficient (Wildman–Crippen LogP) is 2.13. The first-order chi connectivity index (χ1) is 13.7. The van der Waals surface area contributed by atoms with Crippen LogP contribution in [0.15, 0.2) is 24.3 Å². The summed E-state index contributed by atoms with van der Waals surface area (Å²) in [7, 11) is 1.59.